The highest BCUT2D eigenvalue weighted by Gasteiger charge is 2.28. The van der Waals surface area contributed by atoms with Crippen molar-refractivity contribution in [1.29, 1.82) is 0 Å². The molecule has 0 aliphatic rings. The molecule has 15 heteroatoms. The number of pyridine rings is 1. The number of benzene rings is 2. The third-order valence-corrected chi connectivity index (χ3v) is 6.81. The van der Waals surface area contributed by atoms with Gasteiger partial charge < -0.3 is 10.6 Å². The van der Waals surface area contributed by atoms with Gasteiger partial charge in [0.15, 0.2) is 0 Å². The second-order valence-electron chi connectivity index (χ2n) is 8.44. The average molecular weight is 551 g/mol. The lowest BCUT2D eigenvalue weighted by molar-refractivity contribution is -0.395. The van der Waals surface area contributed by atoms with Crippen molar-refractivity contribution in [2.24, 2.45) is 0 Å². The van der Waals surface area contributed by atoms with Crippen molar-refractivity contribution in [2.45, 2.75) is 25.7 Å². The third kappa shape index (κ3) is 6.40. The second-order valence-corrected chi connectivity index (χ2v) is 10.1. The van der Waals surface area contributed by atoms with Gasteiger partial charge in [0.25, 0.3) is 21.4 Å². The minimum absolute atomic E-state index is 0.137. The molecule has 0 radical (unpaired) electrons. The molecule has 39 heavy (non-hydrogen) atoms. The lowest BCUT2D eigenvalue weighted by Gasteiger charge is -2.12. The summed E-state index contributed by atoms with van der Waals surface area (Å²) < 4.78 is 28.1. The highest BCUT2D eigenvalue weighted by Crippen LogP contribution is 2.32. The molecule has 0 saturated heterocycles. The minimum Gasteiger partial charge on any atom is -0.340 e. The van der Waals surface area contributed by atoms with Crippen LogP contribution in [0, 0.1) is 41.0 Å². The lowest BCUT2D eigenvalue weighted by Crippen LogP contribution is -2.14. The Balaban J connectivity index is 1.52. The molecule has 3 N–H and O–H groups in total. The van der Waals surface area contributed by atoms with Crippen LogP contribution in [-0.4, -0.2) is 33.2 Å². The molecule has 0 amide bonds. The van der Waals surface area contributed by atoms with E-state index in [4.69, 9.17) is 0 Å². The van der Waals surface area contributed by atoms with E-state index in [0.29, 0.717) is 29.0 Å². The molecule has 0 atom stereocenters. The van der Waals surface area contributed by atoms with Crippen molar-refractivity contribution in [3.63, 3.8) is 0 Å². The molecule has 0 unspecified atom stereocenters. The van der Waals surface area contributed by atoms with Gasteiger partial charge >= 0.3 is 0 Å². The van der Waals surface area contributed by atoms with E-state index in [-0.39, 0.29) is 11.3 Å². The number of rotatable bonds is 9. The van der Waals surface area contributed by atoms with Crippen LogP contribution < -0.4 is 15.4 Å². The Morgan fingerprint density at radius 2 is 1.31 bits per heavy atom. The van der Waals surface area contributed by atoms with Gasteiger partial charge in [-0.2, -0.15) is 0 Å². The molecule has 4 aromatic rings. The zero-order valence-electron chi connectivity index (χ0n) is 20.9. The summed E-state index contributed by atoms with van der Waals surface area (Å²) in [6.07, 6.45) is 1.68. The van der Waals surface area contributed by atoms with E-state index >= 15 is 0 Å². The van der Waals surface area contributed by atoms with Gasteiger partial charge in [-0.05, 0) is 62.7 Å². The molecular weight excluding hydrogens is 528 g/mol. The van der Waals surface area contributed by atoms with Gasteiger partial charge in [0.05, 0.1) is 9.85 Å². The molecule has 0 bridgehead atoms. The van der Waals surface area contributed by atoms with Crippen LogP contribution >= 0.6 is 0 Å². The fraction of sp³-hybridized carbons (Fsp3) is 0.125. The van der Waals surface area contributed by atoms with Crippen LogP contribution in [0.4, 0.5) is 40.2 Å². The number of aromatic nitrogens is 3. The minimum atomic E-state index is -4.37. The van der Waals surface area contributed by atoms with Gasteiger partial charge in [-0.1, -0.05) is 0 Å². The summed E-state index contributed by atoms with van der Waals surface area (Å²) in [7, 11) is -4.37. The van der Waals surface area contributed by atoms with Crippen molar-refractivity contribution >= 4 is 50.2 Å². The molecule has 0 aliphatic heterocycles. The third-order valence-electron chi connectivity index (χ3n) is 5.45. The number of hydrogen-bond acceptors (Lipinski definition) is 11. The first kappa shape index (κ1) is 26.9. The zero-order chi connectivity index (χ0) is 28.3. The van der Waals surface area contributed by atoms with Crippen LogP contribution in [0.15, 0.2) is 65.7 Å². The number of aryl methyl sites for hydroxylation is 2. The highest BCUT2D eigenvalue weighted by molar-refractivity contribution is 7.92. The van der Waals surface area contributed by atoms with Gasteiger partial charge in [0.1, 0.15) is 33.7 Å². The van der Waals surface area contributed by atoms with Crippen molar-refractivity contribution in [1.82, 2.24) is 15.0 Å². The molecule has 2 heterocycles. The Morgan fingerprint density at radius 1 is 0.744 bits per heavy atom. The standard InChI is InChI=1S/C24H22N8O6S/c1-14-8-9-25-22(10-14)29-24-13-23(26-16(3)27-24)28-17-4-6-18(7-5-17)30-39(37,38)19-11-20(31(33)34)15(2)21(12-19)32(35)36/h4-13,30H,1-3H3,(H2,25,26,27,28,29). The van der Waals surface area contributed by atoms with Gasteiger partial charge in [0.2, 0.25) is 0 Å². The van der Waals surface area contributed by atoms with Crippen molar-refractivity contribution in [2.75, 3.05) is 15.4 Å². The molecule has 0 fully saturated rings. The summed E-state index contributed by atoms with van der Waals surface area (Å²) in [5.41, 5.74) is 0.169. The Kier molecular flexibility index (Phi) is 7.35. The number of nitrogens with zero attached hydrogens (tertiary/aromatic N) is 5. The van der Waals surface area contributed by atoms with Crippen molar-refractivity contribution in [3.05, 3.63) is 98.0 Å². The molecule has 0 saturated carbocycles. The molecule has 2 aromatic heterocycles. The largest absolute Gasteiger partial charge is 0.340 e. The van der Waals surface area contributed by atoms with Crippen LogP contribution in [0.1, 0.15) is 17.0 Å². The zero-order valence-corrected chi connectivity index (χ0v) is 21.7. The van der Waals surface area contributed by atoms with E-state index < -0.39 is 36.1 Å². The molecule has 4 rings (SSSR count). The molecule has 14 nitrogen and oxygen atoms in total. The number of sulfonamides is 1. The first-order valence-electron chi connectivity index (χ1n) is 11.3. The first-order valence-corrected chi connectivity index (χ1v) is 12.8. The second kappa shape index (κ2) is 10.7. The topological polar surface area (TPSA) is 195 Å². The molecule has 0 aliphatic carbocycles. The molecule has 0 spiro atoms. The van der Waals surface area contributed by atoms with E-state index in [1.165, 1.54) is 19.1 Å². The van der Waals surface area contributed by atoms with Crippen LogP contribution in [-0.2, 0) is 10.0 Å². The number of nitrogens with one attached hydrogen (secondary N) is 3. The summed E-state index contributed by atoms with van der Waals surface area (Å²) in [4.78, 5) is 33.3. The Labute approximate surface area is 222 Å². The predicted octanol–water partition coefficient (Wildman–Crippen LogP) is 4.90. The average Bonchev–Trinajstić information content (AvgIpc) is 2.84. The molecular formula is C24H22N8O6S. The Bertz CT molecular complexity index is 1660. The van der Waals surface area contributed by atoms with Gasteiger partial charge in [-0.15, -0.1) is 0 Å². The van der Waals surface area contributed by atoms with Crippen LogP contribution in [0.5, 0.6) is 0 Å². The maximum atomic E-state index is 12.9. The SMILES string of the molecule is Cc1ccnc(Nc2cc(Nc3ccc(NS(=O)(=O)c4cc([N+](=O)[O-])c(C)c([N+](=O)[O-])c4)cc3)nc(C)n2)c1. The summed E-state index contributed by atoms with van der Waals surface area (Å²) in [6, 6.07) is 13.1. The summed E-state index contributed by atoms with van der Waals surface area (Å²) >= 11 is 0. The predicted molar refractivity (Wildman–Crippen MR) is 144 cm³/mol. The van der Waals surface area contributed by atoms with Crippen LogP contribution in [0.25, 0.3) is 0 Å². The van der Waals surface area contributed by atoms with E-state index in [9.17, 15) is 28.6 Å². The summed E-state index contributed by atoms with van der Waals surface area (Å²) in [5.74, 6) is 2.12. The number of nitro benzene ring substituents is 2. The normalized spacial score (nSPS) is 11.1. The van der Waals surface area contributed by atoms with E-state index in [1.807, 2.05) is 19.1 Å². The Morgan fingerprint density at radius 3 is 1.87 bits per heavy atom. The smallest absolute Gasteiger partial charge is 0.280 e. The molecule has 200 valence electrons. The van der Waals surface area contributed by atoms with Gasteiger partial charge in [-0.3, -0.25) is 25.0 Å². The van der Waals surface area contributed by atoms with Crippen molar-refractivity contribution < 1.29 is 18.3 Å². The Hall–Kier alpha value is -5.18. The maximum absolute atomic E-state index is 12.9. The van der Waals surface area contributed by atoms with E-state index in [1.54, 1.807) is 31.3 Å². The van der Waals surface area contributed by atoms with Crippen LogP contribution in [0.3, 0.4) is 0 Å². The van der Waals surface area contributed by atoms with Crippen LogP contribution in [0.2, 0.25) is 0 Å². The molecule has 2 aromatic carbocycles. The first-order chi connectivity index (χ1) is 18.4. The fourth-order valence-electron chi connectivity index (χ4n) is 3.61. The van der Waals surface area contributed by atoms with E-state index in [0.717, 1.165) is 17.7 Å². The van der Waals surface area contributed by atoms with Gasteiger partial charge in [0, 0.05) is 35.8 Å². The summed E-state index contributed by atoms with van der Waals surface area (Å²) in [5, 5.41) is 28.9. The monoisotopic (exact) mass is 550 g/mol. The number of anilines is 5. The van der Waals surface area contributed by atoms with Gasteiger partial charge in [-0.25, -0.2) is 23.4 Å². The maximum Gasteiger partial charge on any atom is 0.280 e. The van der Waals surface area contributed by atoms with Crippen molar-refractivity contribution in [3.8, 4) is 0 Å². The highest BCUT2D eigenvalue weighted by atomic mass is 32.2. The lowest BCUT2D eigenvalue weighted by atomic mass is 10.1. The summed E-state index contributed by atoms with van der Waals surface area (Å²) in [6.45, 7) is 4.87. The quantitative estimate of drug-likeness (QED) is 0.189. The fourth-order valence-corrected chi connectivity index (χ4v) is 4.71. The van der Waals surface area contributed by atoms with E-state index in [2.05, 4.69) is 30.3 Å². The number of nitro groups is 2. The number of hydrogen-bond donors (Lipinski definition) is 3.